The van der Waals surface area contributed by atoms with Crippen molar-refractivity contribution in [3.8, 4) is 0 Å². The second-order valence-corrected chi connectivity index (χ2v) is 11.3. The van der Waals surface area contributed by atoms with Gasteiger partial charge in [-0.3, -0.25) is 0 Å². The summed E-state index contributed by atoms with van der Waals surface area (Å²) in [5.41, 5.74) is 3.07. The lowest BCUT2D eigenvalue weighted by atomic mass is 9.78. The van der Waals surface area contributed by atoms with Crippen LogP contribution in [0, 0.1) is 5.41 Å². The van der Waals surface area contributed by atoms with Gasteiger partial charge in [0.2, 0.25) is 11.9 Å². The normalized spacial score (nSPS) is 21.7. The molecular formula is C27H32F2N8. The highest BCUT2D eigenvalue weighted by Crippen LogP contribution is 2.42. The maximum Gasteiger partial charge on any atom is 0.263 e. The lowest BCUT2D eigenvalue weighted by molar-refractivity contribution is 0.151. The topological polar surface area (TPSA) is 82.1 Å². The Labute approximate surface area is 214 Å². The number of rotatable bonds is 6. The Morgan fingerprint density at radius 1 is 0.973 bits per heavy atom. The van der Waals surface area contributed by atoms with Crippen LogP contribution in [0.2, 0.25) is 0 Å². The van der Waals surface area contributed by atoms with Gasteiger partial charge in [0, 0.05) is 73.7 Å². The third-order valence-electron chi connectivity index (χ3n) is 8.48. The zero-order valence-electron chi connectivity index (χ0n) is 20.8. The smallest absolute Gasteiger partial charge is 0.263 e. The van der Waals surface area contributed by atoms with E-state index in [-0.39, 0.29) is 17.0 Å². The highest BCUT2D eigenvalue weighted by atomic mass is 19.3. The fourth-order valence-corrected chi connectivity index (χ4v) is 6.11. The largest absolute Gasteiger partial charge is 0.368 e. The van der Waals surface area contributed by atoms with Crippen LogP contribution in [0.25, 0.3) is 10.9 Å². The minimum absolute atomic E-state index is 0.0251. The van der Waals surface area contributed by atoms with Gasteiger partial charge in [-0.1, -0.05) is 0 Å². The summed E-state index contributed by atoms with van der Waals surface area (Å²) in [6.07, 6.45) is 8.60. The molecule has 37 heavy (non-hydrogen) atoms. The van der Waals surface area contributed by atoms with Crippen LogP contribution in [0.4, 0.5) is 26.4 Å². The summed E-state index contributed by atoms with van der Waals surface area (Å²) in [5, 5.41) is 7.59. The molecule has 194 valence electrons. The number of anilines is 3. The van der Waals surface area contributed by atoms with E-state index in [1.807, 2.05) is 12.4 Å². The van der Waals surface area contributed by atoms with Crippen LogP contribution in [0.1, 0.15) is 55.6 Å². The molecule has 0 atom stereocenters. The number of benzene rings is 1. The molecular weight excluding hydrogens is 474 g/mol. The Kier molecular flexibility index (Phi) is 5.60. The van der Waals surface area contributed by atoms with Gasteiger partial charge in [-0.05, 0) is 62.3 Å². The zero-order valence-corrected chi connectivity index (χ0v) is 20.8. The van der Waals surface area contributed by atoms with Crippen molar-refractivity contribution < 1.29 is 8.78 Å². The van der Waals surface area contributed by atoms with Crippen LogP contribution in [0.15, 0.2) is 30.7 Å². The van der Waals surface area contributed by atoms with Crippen LogP contribution in [-0.2, 0) is 0 Å². The molecule has 0 radical (unpaired) electrons. The summed E-state index contributed by atoms with van der Waals surface area (Å²) >= 11 is 0. The molecule has 4 aliphatic rings. The quantitative estimate of drug-likeness (QED) is 0.517. The van der Waals surface area contributed by atoms with E-state index < -0.39 is 6.43 Å². The molecule has 3 saturated heterocycles. The van der Waals surface area contributed by atoms with Crippen molar-refractivity contribution in [2.75, 3.05) is 54.4 Å². The van der Waals surface area contributed by atoms with Crippen molar-refractivity contribution >= 4 is 28.5 Å². The van der Waals surface area contributed by atoms with Gasteiger partial charge in [-0.25, -0.2) is 28.7 Å². The van der Waals surface area contributed by atoms with Crippen molar-refractivity contribution in [2.45, 2.75) is 50.5 Å². The van der Waals surface area contributed by atoms with Gasteiger partial charge in [-0.2, -0.15) is 0 Å². The van der Waals surface area contributed by atoms with Crippen molar-refractivity contribution in [2.24, 2.45) is 5.41 Å². The number of hydrogen-bond acceptors (Lipinski definition) is 8. The summed E-state index contributed by atoms with van der Waals surface area (Å²) in [5.74, 6) is 2.02. The van der Waals surface area contributed by atoms with Crippen LogP contribution >= 0.6 is 0 Å². The number of hydrogen-bond donors (Lipinski definition) is 2. The maximum atomic E-state index is 13.7. The van der Waals surface area contributed by atoms with Gasteiger partial charge in [0.05, 0.1) is 11.2 Å². The number of halogens is 2. The molecule has 3 aliphatic heterocycles. The maximum absolute atomic E-state index is 13.7. The first kappa shape index (κ1) is 23.0. The lowest BCUT2D eigenvalue weighted by Crippen LogP contribution is -2.57. The molecule has 2 aromatic heterocycles. The van der Waals surface area contributed by atoms with Crippen LogP contribution in [0.3, 0.4) is 0 Å². The molecule has 4 fully saturated rings. The molecule has 3 aromatic rings. The summed E-state index contributed by atoms with van der Waals surface area (Å²) in [6.45, 7) is 5.49. The Morgan fingerprint density at radius 2 is 1.76 bits per heavy atom. The van der Waals surface area contributed by atoms with Crippen molar-refractivity contribution in [1.29, 1.82) is 0 Å². The average molecular weight is 507 g/mol. The molecule has 5 heterocycles. The predicted molar refractivity (Wildman–Crippen MR) is 139 cm³/mol. The number of aromatic nitrogens is 4. The Hall–Kier alpha value is -3.14. The second kappa shape index (κ2) is 9.01. The molecule has 1 aromatic carbocycles. The van der Waals surface area contributed by atoms with Crippen LogP contribution in [0.5, 0.6) is 0 Å². The van der Waals surface area contributed by atoms with Gasteiger partial charge < -0.3 is 20.4 Å². The van der Waals surface area contributed by atoms with Gasteiger partial charge in [0.25, 0.3) is 6.43 Å². The van der Waals surface area contributed by atoms with E-state index in [4.69, 9.17) is 4.98 Å². The molecule has 10 heteroatoms. The fraction of sp³-hybridized carbons (Fsp3) is 0.556. The Bertz CT molecular complexity index is 1270. The summed E-state index contributed by atoms with van der Waals surface area (Å²) in [7, 11) is 0. The molecule has 8 nitrogen and oxygen atoms in total. The Balaban J connectivity index is 1.06. The van der Waals surface area contributed by atoms with Gasteiger partial charge in [0.15, 0.2) is 0 Å². The number of piperidine rings is 1. The molecule has 1 saturated carbocycles. The van der Waals surface area contributed by atoms with Crippen molar-refractivity contribution in [1.82, 2.24) is 25.3 Å². The van der Waals surface area contributed by atoms with Gasteiger partial charge >= 0.3 is 0 Å². The summed E-state index contributed by atoms with van der Waals surface area (Å²) in [4.78, 5) is 23.0. The lowest BCUT2D eigenvalue weighted by Gasteiger charge is -2.49. The summed E-state index contributed by atoms with van der Waals surface area (Å²) in [6, 6.07) is 3.37. The van der Waals surface area contributed by atoms with Crippen molar-refractivity contribution in [3.63, 3.8) is 0 Å². The van der Waals surface area contributed by atoms with Gasteiger partial charge in [-0.15, -0.1) is 0 Å². The molecule has 2 N–H and O–H groups in total. The molecule has 0 bridgehead atoms. The van der Waals surface area contributed by atoms with Crippen LogP contribution in [-0.4, -0.2) is 65.2 Å². The number of fused-ring (bicyclic) bond motifs is 1. The van der Waals surface area contributed by atoms with E-state index in [0.29, 0.717) is 17.3 Å². The third kappa shape index (κ3) is 4.45. The monoisotopic (exact) mass is 506 g/mol. The molecule has 0 amide bonds. The molecule has 7 rings (SSSR count). The van der Waals surface area contributed by atoms with E-state index in [0.717, 1.165) is 75.7 Å². The first-order valence-corrected chi connectivity index (χ1v) is 13.4. The highest BCUT2D eigenvalue weighted by molar-refractivity contribution is 5.92. The van der Waals surface area contributed by atoms with E-state index in [1.54, 1.807) is 12.3 Å². The van der Waals surface area contributed by atoms with E-state index >= 15 is 0 Å². The molecule has 1 spiro atoms. The highest BCUT2D eigenvalue weighted by Gasteiger charge is 2.45. The third-order valence-corrected chi connectivity index (χ3v) is 8.48. The number of nitrogens with zero attached hydrogens (tertiary/aromatic N) is 6. The zero-order chi connectivity index (χ0) is 25.0. The predicted octanol–water partition coefficient (Wildman–Crippen LogP) is 4.12. The standard InChI is InChI=1S/C27H32F2N8/c28-24(29)18-9-19-11-31-25(35-23(19)22(10-18)37-15-27(16-37)5-6-30-14-27)34-21-3-7-36(8-4-21)26-32-12-20(13-33-26)17-1-2-17/h9-13,17,21,24,30H,1-8,14-16H2,(H,31,34,35). The van der Waals surface area contributed by atoms with E-state index in [9.17, 15) is 8.78 Å². The Morgan fingerprint density at radius 3 is 2.43 bits per heavy atom. The minimum Gasteiger partial charge on any atom is -0.368 e. The second-order valence-electron chi connectivity index (χ2n) is 11.3. The molecule has 0 unspecified atom stereocenters. The van der Waals surface area contributed by atoms with Crippen molar-refractivity contribution in [3.05, 3.63) is 41.9 Å². The summed E-state index contributed by atoms with van der Waals surface area (Å²) < 4.78 is 27.3. The first-order chi connectivity index (χ1) is 18.1. The first-order valence-electron chi connectivity index (χ1n) is 13.4. The van der Waals surface area contributed by atoms with E-state index in [1.165, 1.54) is 24.5 Å². The number of nitrogens with one attached hydrogen (secondary N) is 2. The minimum atomic E-state index is -2.52. The SMILES string of the molecule is FC(F)c1cc(N2CC3(CCNC3)C2)c2nc(NC3CCN(c4ncc(C5CC5)cn4)CC3)ncc2c1. The van der Waals surface area contributed by atoms with E-state index in [2.05, 4.69) is 35.4 Å². The van der Waals surface area contributed by atoms with Crippen LogP contribution < -0.4 is 20.4 Å². The number of alkyl halides is 2. The average Bonchev–Trinajstić information content (AvgIpc) is 3.63. The fourth-order valence-electron chi connectivity index (χ4n) is 6.11. The van der Waals surface area contributed by atoms with Gasteiger partial charge in [0.1, 0.15) is 0 Å². The molecule has 1 aliphatic carbocycles.